The van der Waals surface area contributed by atoms with Crippen molar-refractivity contribution in [2.45, 2.75) is 13.8 Å². The molecule has 0 unspecified atom stereocenters. The number of carbonyl (C=O) groups is 1. The summed E-state index contributed by atoms with van der Waals surface area (Å²) in [7, 11) is 0. The van der Waals surface area contributed by atoms with Crippen LogP contribution in [0.5, 0.6) is 0 Å². The minimum atomic E-state index is -0.148. The summed E-state index contributed by atoms with van der Waals surface area (Å²) in [4.78, 5) is 30.2. The first kappa shape index (κ1) is 21.6. The van der Waals surface area contributed by atoms with Gasteiger partial charge in [-0.25, -0.2) is 4.98 Å². The standard InChI is InChI=1S/C25H25N7O2/c1-17-5-7-20(8-6-17)28-23-14-18(2)27-25(29-23)32-12-10-31(11-13-32)24(33)21-15-22(34-30-21)19-4-3-9-26-16-19/h3-9,14-16H,10-13H2,1-2H3,(H,27,28,29). The Bertz CT molecular complexity index is 1280. The molecule has 1 N–H and O–H groups in total. The fourth-order valence-corrected chi connectivity index (χ4v) is 3.84. The van der Waals surface area contributed by atoms with Gasteiger partial charge in [-0.2, -0.15) is 4.98 Å². The molecule has 1 fully saturated rings. The normalized spacial score (nSPS) is 13.7. The largest absolute Gasteiger partial charge is 0.355 e. The minimum absolute atomic E-state index is 0.148. The van der Waals surface area contributed by atoms with Crippen LogP contribution >= 0.6 is 0 Å². The van der Waals surface area contributed by atoms with E-state index in [2.05, 4.69) is 44.4 Å². The maximum atomic E-state index is 13.0. The molecule has 172 valence electrons. The van der Waals surface area contributed by atoms with Crippen molar-refractivity contribution in [2.75, 3.05) is 36.4 Å². The van der Waals surface area contributed by atoms with E-state index in [0.29, 0.717) is 43.6 Å². The average molecular weight is 456 g/mol. The Hall–Kier alpha value is -4.27. The number of rotatable bonds is 5. The molecule has 9 heteroatoms. The van der Waals surface area contributed by atoms with Gasteiger partial charge in [0.2, 0.25) is 5.95 Å². The highest BCUT2D eigenvalue weighted by atomic mass is 16.5. The number of nitrogens with one attached hydrogen (secondary N) is 1. The van der Waals surface area contributed by atoms with Gasteiger partial charge in [-0.3, -0.25) is 9.78 Å². The van der Waals surface area contributed by atoms with E-state index in [9.17, 15) is 4.79 Å². The molecule has 0 atom stereocenters. The molecule has 0 radical (unpaired) electrons. The van der Waals surface area contributed by atoms with Gasteiger partial charge < -0.3 is 19.6 Å². The molecule has 5 rings (SSSR count). The molecule has 0 spiro atoms. The van der Waals surface area contributed by atoms with Crippen molar-refractivity contribution < 1.29 is 9.32 Å². The van der Waals surface area contributed by atoms with Crippen molar-refractivity contribution in [2.24, 2.45) is 0 Å². The molecule has 34 heavy (non-hydrogen) atoms. The molecule has 9 nitrogen and oxygen atoms in total. The topological polar surface area (TPSA) is 100 Å². The Labute approximate surface area is 197 Å². The summed E-state index contributed by atoms with van der Waals surface area (Å²) in [6.07, 6.45) is 3.36. The smallest absolute Gasteiger partial charge is 0.276 e. The molecule has 1 aromatic carbocycles. The van der Waals surface area contributed by atoms with Gasteiger partial charge in [-0.05, 0) is 38.1 Å². The second kappa shape index (κ2) is 9.30. The van der Waals surface area contributed by atoms with E-state index in [1.165, 1.54) is 5.56 Å². The highest BCUT2D eigenvalue weighted by Crippen LogP contribution is 2.22. The van der Waals surface area contributed by atoms with Crippen LogP contribution in [0, 0.1) is 13.8 Å². The number of amides is 1. The van der Waals surface area contributed by atoms with Gasteiger partial charge in [0.25, 0.3) is 5.91 Å². The second-order valence-electron chi connectivity index (χ2n) is 8.28. The number of hydrogen-bond donors (Lipinski definition) is 1. The monoisotopic (exact) mass is 455 g/mol. The highest BCUT2D eigenvalue weighted by molar-refractivity contribution is 5.93. The summed E-state index contributed by atoms with van der Waals surface area (Å²) in [5.41, 5.74) is 4.14. The number of pyridine rings is 1. The first-order valence-electron chi connectivity index (χ1n) is 11.2. The lowest BCUT2D eigenvalue weighted by molar-refractivity contribution is 0.0736. The lowest BCUT2D eigenvalue weighted by Gasteiger charge is -2.34. The third-order valence-corrected chi connectivity index (χ3v) is 5.69. The number of hydrogen-bond acceptors (Lipinski definition) is 8. The number of anilines is 3. The number of nitrogens with zero attached hydrogens (tertiary/aromatic N) is 6. The predicted octanol–water partition coefficient (Wildman–Crippen LogP) is 3.85. The van der Waals surface area contributed by atoms with Crippen molar-refractivity contribution in [1.29, 1.82) is 0 Å². The number of carbonyl (C=O) groups excluding carboxylic acids is 1. The van der Waals surface area contributed by atoms with Crippen molar-refractivity contribution in [3.8, 4) is 11.3 Å². The molecule has 1 amide bonds. The summed E-state index contributed by atoms with van der Waals surface area (Å²) in [5.74, 6) is 1.78. The Morgan fingerprint density at radius 3 is 2.53 bits per heavy atom. The van der Waals surface area contributed by atoms with Crippen LogP contribution in [-0.2, 0) is 0 Å². The molecule has 4 aromatic rings. The average Bonchev–Trinajstić information content (AvgIpc) is 3.36. The SMILES string of the molecule is Cc1ccc(Nc2cc(C)nc(N3CCN(C(=O)c4cc(-c5cccnc5)on4)CC3)n2)cc1. The molecule has 1 aliphatic rings. The van der Waals surface area contributed by atoms with Crippen LogP contribution < -0.4 is 10.2 Å². The molecule has 0 aliphatic carbocycles. The summed E-state index contributed by atoms with van der Waals surface area (Å²) in [6, 6.07) is 15.4. The fraction of sp³-hybridized carbons (Fsp3) is 0.240. The summed E-state index contributed by atoms with van der Waals surface area (Å²) in [6.45, 7) is 6.37. The number of benzene rings is 1. The Morgan fingerprint density at radius 2 is 1.79 bits per heavy atom. The Kier molecular flexibility index (Phi) is 5.90. The van der Waals surface area contributed by atoms with E-state index < -0.39 is 0 Å². The zero-order valence-corrected chi connectivity index (χ0v) is 19.1. The molecular formula is C25H25N7O2. The van der Waals surface area contributed by atoms with Crippen molar-refractivity contribution in [1.82, 2.24) is 25.0 Å². The van der Waals surface area contributed by atoms with Crippen LogP contribution in [0.4, 0.5) is 17.5 Å². The van der Waals surface area contributed by atoms with Crippen LogP contribution in [0.3, 0.4) is 0 Å². The van der Waals surface area contributed by atoms with E-state index in [1.54, 1.807) is 23.4 Å². The maximum absolute atomic E-state index is 13.0. The van der Waals surface area contributed by atoms with Gasteiger partial charge in [-0.1, -0.05) is 22.9 Å². The third-order valence-electron chi connectivity index (χ3n) is 5.69. The molecule has 4 heterocycles. The van der Waals surface area contributed by atoms with Crippen LogP contribution in [-0.4, -0.2) is 57.1 Å². The minimum Gasteiger partial charge on any atom is -0.355 e. The van der Waals surface area contributed by atoms with E-state index in [4.69, 9.17) is 9.51 Å². The van der Waals surface area contributed by atoms with Crippen LogP contribution in [0.2, 0.25) is 0 Å². The van der Waals surface area contributed by atoms with Crippen molar-refractivity contribution >= 4 is 23.4 Å². The molecule has 0 saturated carbocycles. The van der Waals surface area contributed by atoms with E-state index in [-0.39, 0.29) is 5.91 Å². The molecule has 3 aromatic heterocycles. The third kappa shape index (κ3) is 4.73. The summed E-state index contributed by atoms with van der Waals surface area (Å²) < 4.78 is 5.36. The Morgan fingerprint density at radius 1 is 1.00 bits per heavy atom. The van der Waals surface area contributed by atoms with Gasteiger partial charge in [0.05, 0.1) is 0 Å². The summed E-state index contributed by atoms with van der Waals surface area (Å²) in [5, 5.41) is 7.32. The van der Waals surface area contributed by atoms with Gasteiger partial charge in [0.15, 0.2) is 11.5 Å². The van der Waals surface area contributed by atoms with E-state index in [1.807, 2.05) is 37.3 Å². The second-order valence-corrected chi connectivity index (χ2v) is 8.28. The lowest BCUT2D eigenvalue weighted by Crippen LogP contribution is -2.49. The van der Waals surface area contributed by atoms with E-state index in [0.717, 1.165) is 22.8 Å². The molecular weight excluding hydrogens is 430 g/mol. The maximum Gasteiger partial charge on any atom is 0.276 e. The van der Waals surface area contributed by atoms with Gasteiger partial charge in [0, 0.05) is 67.7 Å². The molecule has 0 bridgehead atoms. The first-order chi connectivity index (χ1) is 16.5. The zero-order chi connectivity index (χ0) is 23.5. The highest BCUT2D eigenvalue weighted by Gasteiger charge is 2.26. The number of aromatic nitrogens is 4. The zero-order valence-electron chi connectivity index (χ0n) is 19.1. The fourth-order valence-electron chi connectivity index (χ4n) is 3.84. The van der Waals surface area contributed by atoms with Gasteiger partial charge in [0.1, 0.15) is 5.82 Å². The Balaban J connectivity index is 1.24. The first-order valence-corrected chi connectivity index (χ1v) is 11.2. The van der Waals surface area contributed by atoms with Gasteiger partial charge in [-0.15, -0.1) is 0 Å². The van der Waals surface area contributed by atoms with Crippen LogP contribution in [0.1, 0.15) is 21.7 Å². The molecule has 1 aliphatic heterocycles. The number of piperazine rings is 1. The van der Waals surface area contributed by atoms with Crippen molar-refractivity contribution in [3.05, 3.63) is 77.9 Å². The van der Waals surface area contributed by atoms with E-state index >= 15 is 0 Å². The lowest BCUT2D eigenvalue weighted by atomic mass is 10.2. The predicted molar refractivity (Wildman–Crippen MR) is 129 cm³/mol. The quantitative estimate of drug-likeness (QED) is 0.484. The van der Waals surface area contributed by atoms with Crippen LogP contribution in [0.15, 0.2) is 65.4 Å². The van der Waals surface area contributed by atoms with Crippen molar-refractivity contribution in [3.63, 3.8) is 0 Å². The van der Waals surface area contributed by atoms with Crippen LogP contribution in [0.25, 0.3) is 11.3 Å². The molecule has 1 saturated heterocycles. The number of aryl methyl sites for hydroxylation is 2. The summed E-state index contributed by atoms with van der Waals surface area (Å²) >= 11 is 0. The van der Waals surface area contributed by atoms with Gasteiger partial charge >= 0.3 is 0 Å².